The van der Waals surface area contributed by atoms with E-state index in [4.69, 9.17) is 23.2 Å². The number of rotatable bonds is 2. The van der Waals surface area contributed by atoms with Crippen LogP contribution in [0.5, 0.6) is 0 Å². The lowest BCUT2D eigenvalue weighted by Gasteiger charge is -2.25. The van der Waals surface area contributed by atoms with E-state index in [0.717, 1.165) is 16.6 Å². The Balaban J connectivity index is 1.99. The number of allylic oxidation sites excluding steroid dienone is 1. The molecule has 7 heteroatoms. The fourth-order valence-electron chi connectivity index (χ4n) is 2.90. The van der Waals surface area contributed by atoms with Crippen LogP contribution in [0.1, 0.15) is 11.6 Å². The molecule has 2 N–H and O–H groups in total. The van der Waals surface area contributed by atoms with E-state index in [-0.39, 0.29) is 5.70 Å². The quantitative estimate of drug-likeness (QED) is 0.714. The largest absolute Gasteiger partial charge is 0.477 e. The summed E-state index contributed by atoms with van der Waals surface area (Å²) in [7, 11) is 0. The van der Waals surface area contributed by atoms with Crippen LogP contribution >= 0.6 is 23.2 Å². The molecule has 0 bridgehead atoms. The van der Waals surface area contributed by atoms with Gasteiger partial charge in [0.15, 0.2) is 0 Å². The van der Waals surface area contributed by atoms with Crippen LogP contribution in [0.25, 0.3) is 11.0 Å². The minimum absolute atomic E-state index is 0.0637. The van der Waals surface area contributed by atoms with Crippen LogP contribution < -0.4 is 5.32 Å². The molecular formula is C17H11Cl2N3O2. The van der Waals surface area contributed by atoms with Crippen molar-refractivity contribution in [3.63, 3.8) is 0 Å². The topological polar surface area (TPSA) is 67.1 Å². The van der Waals surface area contributed by atoms with Crippen molar-refractivity contribution in [2.45, 2.75) is 6.04 Å². The third-order valence-electron chi connectivity index (χ3n) is 3.96. The van der Waals surface area contributed by atoms with Crippen LogP contribution in [0, 0.1) is 0 Å². The van der Waals surface area contributed by atoms with E-state index in [1.165, 1.54) is 0 Å². The predicted octanol–water partition coefficient (Wildman–Crippen LogP) is 4.33. The number of halogens is 2. The summed E-state index contributed by atoms with van der Waals surface area (Å²) >= 11 is 12.3. The third-order valence-corrected chi connectivity index (χ3v) is 4.52. The summed E-state index contributed by atoms with van der Waals surface area (Å²) in [5.74, 6) is -0.587. The smallest absolute Gasteiger partial charge is 0.352 e. The zero-order valence-corrected chi connectivity index (χ0v) is 13.7. The van der Waals surface area contributed by atoms with Gasteiger partial charge in [0.05, 0.1) is 17.1 Å². The van der Waals surface area contributed by atoms with Crippen molar-refractivity contribution in [1.29, 1.82) is 0 Å². The lowest BCUT2D eigenvalue weighted by atomic mass is 10.0. The highest BCUT2D eigenvalue weighted by atomic mass is 35.5. The van der Waals surface area contributed by atoms with Gasteiger partial charge in [-0.15, -0.1) is 0 Å². The molecule has 1 aliphatic heterocycles. The Morgan fingerprint density at radius 3 is 2.75 bits per heavy atom. The van der Waals surface area contributed by atoms with Gasteiger partial charge in [0, 0.05) is 10.0 Å². The number of nitrogens with one attached hydrogen (secondary N) is 1. The summed E-state index contributed by atoms with van der Waals surface area (Å²) in [6, 6.07) is 12.4. The van der Waals surface area contributed by atoms with Crippen molar-refractivity contribution in [1.82, 2.24) is 9.55 Å². The number of fused-ring (bicyclic) bond motifs is 3. The molecule has 0 aliphatic carbocycles. The first-order valence-electron chi connectivity index (χ1n) is 7.18. The number of aliphatic carboxylic acids is 1. The number of nitrogens with zero attached hydrogens (tertiary/aromatic N) is 2. The monoisotopic (exact) mass is 359 g/mol. The Kier molecular flexibility index (Phi) is 3.48. The second kappa shape index (κ2) is 5.54. The first kappa shape index (κ1) is 15.1. The molecule has 4 rings (SSSR count). The van der Waals surface area contributed by atoms with Crippen LogP contribution in [0.2, 0.25) is 10.0 Å². The van der Waals surface area contributed by atoms with Gasteiger partial charge in [-0.3, -0.25) is 4.57 Å². The maximum absolute atomic E-state index is 11.5. The maximum atomic E-state index is 11.5. The van der Waals surface area contributed by atoms with Crippen LogP contribution in [-0.4, -0.2) is 20.6 Å². The predicted molar refractivity (Wildman–Crippen MR) is 93.7 cm³/mol. The molecule has 5 nitrogen and oxygen atoms in total. The number of hydrogen-bond acceptors (Lipinski definition) is 3. The van der Waals surface area contributed by atoms with Crippen molar-refractivity contribution in [2.24, 2.45) is 0 Å². The molecule has 0 amide bonds. The first-order valence-corrected chi connectivity index (χ1v) is 7.94. The third kappa shape index (κ3) is 2.33. The van der Waals surface area contributed by atoms with E-state index in [2.05, 4.69) is 10.3 Å². The van der Waals surface area contributed by atoms with Gasteiger partial charge < -0.3 is 10.4 Å². The van der Waals surface area contributed by atoms with E-state index in [0.29, 0.717) is 16.0 Å². The van der Waals surface area contributed by atoms with Crippen LogP contribution in [0.3, 0.4) is 0 Å². The molecule has 1 aromatic heterocycles. The molecule has 2 aromatic carbocycles. The summed E-state index contributed by atoms with van der Waals surface area (Å²) < 4.78 is 1.93. The second-order valence-electron chi connectivity index (χ2n) is 5.42. The lowest BCUT2D eigenvalue weighted by Crippen LogP contribution is -2.23. The number of carboxylic acid groups (broad SMARTS) is 1. The van der Waals surface area contributed by atoms with Crippen molar-refractivity contribution < 1.29 is 9.90 Å². The minimum atomic E-state index is -1.05. The summed E-state index contributed by atoms with van der Waals surface area (Å²) in [5, 5.41) is 13.3. The molecule has 3 aromatic rings. The Morgan fingerprint density at radius 2 is 2.00 bits per heavy atom. The molecule has 0 fully saturated rings. The summed E-state index contributed by atoms with van der Waals surface area (Å²) in [6.45, 7) is 0. The molecule has 1 atom stereocenters. The Hall–Kier alpha value is -2.50. The highest BCUT2D eigenvalue weighted by molar-refractivity contribution is 6.35. The minimum Gasteiger partial charge on any atom is -0.477 e. The number of imidazole rings is 1. The van der Waals surface area contributed by atoms with E-state index in [1.54, 1.807) is 24.3 Å². The average molecular weight is 360 g/mol. The van der Waals surface area contributed by atoms with E-state index >= 15 is 0 Å². The van der Waals surface area contributed by atoms with Gasteiger partial charge in [-0.25, -0.2) is 9.78 Å². The Morgan fingerprint density at radius 1 is 1.21 bits per heavy atom. The second-order valence-corrected chi connectivity index (χ2v) is 6.26. The first-order chi connectivity index (χ1) is 11.5. The highest BCUT2D eigenvalue weighted by Crippen LogP contribution is 2.37. The van der Waals surface area contributed by atoms with Gasteiger partial charge in [-0.1, -0.05) is 41.4 Å². The molecule has 0 radical (unpaired) electrons. The SMILES string of the molecule is O=C(O)C1=C[C@H](c2ccc(Cl)cc2Cl)n2c(nc3ccccc32)N1. The van der Waals surface area contributed by atoms with Gasteiger partial charge in [0.2, 0.25) is 5.95 Å². The molecule has 120 valence electrons. The molecule has 2 heterocycles. The van der Waals surface area contributed by atoms with Gasteiger partial charge in [-0.05, 0) is 35.9 Å². The number of carboxylic acids is 1. The maximum Gasteiger partial charge on any atom is 0.352 e. The van der Waals surface area contributed by atoms with Gasteiger partial charge >= 0.3 is 5.97 Å². The highest BCUT2D eigenvalue weighted by Gasteiger charge is 2.28. The average Bonchev–Trinajstić information content (AvgIpc) is 2.92. The fourth-order valence-corrected chi connectivity index (χ4v) is 3.42. The van der Waals surface area contributed by atoms with Crippen LogP contribution in [-0.2, 0) is 4.79 Å². The molecular weight excluding hydrogens is 349 g/mol. The summed E-state index contributed by atoms with van der Waals surface area (Å²) in [6.07, 6.45) is 1.62. The summed E-state index contributed by atoms with van der Waals surface area (Å²) in [5.41, 5.74) is 2.48. The molecule has 0 saturated carbocycles. The fraction of sp³-hybridized carbons (Fsp3) is 0.0588. The number of para-hydroxylation sites is 2. The summed E-state index contributed by atoms with van der Waals surface area (Å²) in [4.78, 5) is 16.0. The number of aromatic nitrogens is 2. The van der Waals surface area contributed by atoms with Gasteiger partial charge in [-0.2, -0.15) is 0 Å². The van der Waals surface area contributed by atoms with Crippen molar-refractivity contribution >= 4 is 46.2 Å². The molecule has 24 heavy (non-hydrogen) atoms. The van der Waals surface area contributed by atoms with Gasteiger partial charge in [0.1, 0.15) is 5.70 Å². The van der Waals surface area contributed by atoms with Crippen LogP contribution in [0.4, 0.5) is 5.95 Å². The van der Waals surface area contributed by atoms with E-state index < -0.39 is 12.0 Å². The molecule has 0 unspecified atom stereocenters. The lowest BCUT2D eigenvalue weighted by molar-refractivity contribution is -0.132. The normalized spacial score (nSPS) is 16.4. The number of anilines is 1. The van der Waals surface area contributed by atoms with Gasteiger partial charge in [0.25, 0.3) is 0 Å². The van der Waals surface area contributed by atoms with Crippen molar-refractivity contribution in [3.8, 4) is 0 Å². The Bertz CT molecular complexity index is 1010. The molecule has 0 saturated heterocycles. The zero-order chi connectivity index (χ0) is 16.8. The van der Waals surface area contributed by atoms with E-state index in [1.807, 2.05) is 28.8 Å². The van der Waals surface area contributed by atoms with Crippen molar-refractivity contribution in [3.05, 3.63) is 69.8 Å². The number of hydrogen-bond donors (Lipinski definition) is 2. The zero-order valence-electron chi connectivity index (χ0n) is 12.2. The Labute approximate surface area is 147 Å². The van der Waals surface area contributed by atoms with Crippen molar-refractivity contribution in [2.75, 3.05) is 5.32 Å². The number of benzene rings is 2. The molecule has 1 aliphatic rings. The number of carbonyl (C=O) groups is 1. The molecule has 0 spiro atoms. The van der Waals surface area contributed by atoms with E-state index in [9.17, 15) is 9.90 Å². The van der Waals surface area contributed by atoms with Crippen LogP contribution in [0.15, 0.2) is 54.2 Å². The standard InChI is InChI=1S/C17H11Cl2N3O2/c18-9-5-6-10(11(19)7-9)15-8-13(16(23)24)21-17-20-12-3-1-2-4-14(12)22(15)17/h1-8,15H,(H,20,21)(H,23,24)/t15-/m1/s1.